The lowest BCUT2D eigenvalue weighted by atomic mass is 10.0. The predicted molar refractivity (Wildman–Crippen MR) is 194 cm³/mol. The summed E-state index contributed by atoms with van der Waals surface area (Å²) < 4.78 is 26.2. The largest absolute Gasteiger partial charge is 0.469 e. The zero-order valence-corrected chi connectivity index (χ0v) is 31.0. The molecule has 0 saturated heterocycles. The summed E-state index contributed by atoms with van der Waals surface area (Å²) in [5, 5.41) is 9.52. The zero-order chi connectivity index (χ0) is 35.7. The molecule has 3 N–H and O–H groups in total. The summed E-state index contributed by atoms with van der Waals surface area (Å²) in [5.74, 6) is -0.196. The first kappa shape index (κ1) is 46.0. The van der Waals surface area contributed by atoms with Crippen molar-refractivity contribution in [1.29, 1.82) is 0 Å². The van der Waals surface area contributed by atoms with E-state index < -0.39 is 32.5 Å². The number of phosphoric acid groups is 1. The lowest BCUT2D eigenvalue weighted by Gasteiger charge is -2.18. The number of phosphoric ester groups is 1. The van der Waals surface area contributed by atoms with E-state index in [1.54, 1.807) is 0 Å². The fourth-order valence-electron chi connectivity index (χ4n) is 4.76. The van der Waals surface area contributed by atoms with Crippen LogP contribution in [0, 0.1) is 5.92 Å². The first-order valence-corrected chi connectivity index (χ1v) is 19.9. The van der Waals surface area contributed by atoms with E-state index in [-0.39, 0.29) is 25.6 Å². The first-order chi connectivity index (χ1) is 23.0. The molecule has 0 bridgehead atoms. The molecule has 0 aliphatic carbocycles. The highest BCUT2D eigenvalue weighted by Crippen LogP contribution is 2.36. The number of unbranched alkanes of at least 4 members (excludes halogenated alkanes) is 9. The van der Waals surface area contributed by atoms with Crippen LogP contribution < -0.4 is 0 Å². The van der Waals surface area contributed by atoms with Crippen molar-refractivity contribution in [2.45, 2.75) is 161 Å². The van der Waals surface area contributed by atoms with E-state index in [1.165, 1.54) is 38.5 Å². The van der Waals surface area contributed by atoms with Crippen LogP contribution in [0.4, 0.5) is 0 Å². The Morgan fingerprint density at radius 1 is 0.646 bits per heavy atom. The van der Waals surface area contributed by atoms with Crippen LogP contribution in [-0.4, -0.2) is 52.3 Å². The van der Waals surface area contributed by atoms with Crippen LogP contribution in [0.2, 0.25) is 0 Å². The molecule has 9 nitrogen and oxygen atoms in total. The molecule has 2 atom stereocenters. The molecule has 0 rings (SSSR count). The average molecular weight is 699 g/mol. The number of carbonyl (C=O) groups excluding carboxylic acids is 2. The Bertz CT molecular complexity index is 952. The SMILES string of the molecule is CC[C@H](O)CC/C=C\C/C=C\C/C=C\C/C=C\CCCC(=O)OC[C@H](COP(=O)(O)O)OC(=O)CCCCCCCCCCCC(C)C. The Morgan fingerprint density at radius 3 is 1.69 bits per heavy atom. The van der Waals surface area contributed by atoms with E-state index in [0.717, 1.165) is 63.7 Å². The molecule has 0 amide bonds. The van der Waals surface area contributed by atoms with Crippen molar-refractivity contribution in [2.24, 2.45) is 5.92 Å². The molecule has 0 spiro atoms. The van der Waals surface area contributed by atoms with E-state index in [2.05, 4.69) is 54.8 Å². The van der Waals surface area contributed by atoms with Gasteiger partial charge in [-0.25, -0.2) is 4.57 Å². The van der Waals surface area contributed by atoms with Gasteiger partial charge in [-0.1, -0.05) is 127 Å². The average Bonchev–Trinajstić information content (AvgIpc) is 3.03. The van der Waals surface area contributed by atoms with Crippen LogP contribution in [0.15, 0.2) is 48.6 Å². The van der Waals surface area contributed by atoms with Crippen molar-refractivity contribution in [3.05, 3.63) is 48.6 Å². The van der Waals surface area contributed by atoms with Gasteiger partial charge in [0.05, 0.1) is 12.7 Å². The highest BCUT2D eigenvalue weighted by atomic mass is 31.2. The van der Waals surface area contributed by atoms with Gasteiger partial charge in [0.25, 0.3) is 0 Å². The number of hydrogen-bond acceptors (Lipinski definition) is 7. The maximum atomic E-state index is 12.3. The normalized spacial score (nSPS) is 13.8. The van der Waals surface area contributed by atoms with E-state index in [0.29, 0.717) is 19.3 Å². The fourth-order valence-corrected chi connectivity index (χ4v) is 5.12. The Balaban J connectivity index is 4.10. The lowest BCUT2D eigenvalue weighted by molar-refractivity contribution is -0.161. The van der Waals surface area contributed by atoms with E-state index in [9.17, 15) is 19.3 Å². The van der Waals surface area contributed by atoms with Gasteiger partial charge in [0.1, 0.15) is 6.61 Å². The molecule has 0 aliphatic heterocycles. The molecule has 0 aromatic carbocycles. The maximum absolute atomic E-state index is 12.3. The standard InChI is InChI=1S/C38H67O9P/c1-4-35(39)29-25-21-17-13-9-7-5-6-8-10-14-18-22-26-30-37(40)45-32-36(33-46-48(42,43)44)47-38(41)31-27-23-19-15-11-12-16-20-24-28-34(2)3/h6-9,14,17-18,21,34-36,39H,4-5,10-13,15-16,19-20,22-33H2,1-3H3,(H2,42,43,44)/b8-6-,9-7-,18-14-,21-17-/t35-,36+/m0/s1. The third-order valence-electron chi connectivity index (χ3n) is 7.69. The number of rotatable bonds is 32. The summed E-state index contributed by atoms with van der Waals surface area (Å²) in [4.78, 5) is 42.6. The van der Waals surface area contributed by atoms with Gasteiger partial charge < -0.3 is 24.4 Å². The van der Waals surface area contributed by atoms with Gasteiger partial charge in [-0.05, 0) is 63.7 Å². The van der Waals surface area contributed by atoms with Crippen molar-refractivity contribution in [1.82, 2.24) is 0 Å². The van der Waals surface area contributed by atoms with Crippen LogP contribution >= 0.6 is 7.82 Å². The third-order valence-corrected chi connectivity index (χ3v) is 8.18. The molecule has 0 fully saturated rings. The van der Waals surface area contributed by atoms with Crippen LogP contribution in [0.3, 0.4) is 0 Å². The van der Waals surface area contributed by atoms with Gasteiger partial charge in [0, 0.05) is 12.8 Å². The second kappa shape index (κ2) is 32.2. The smallest absolute Gasteiger partial charge is 0.462 e. The number of aliphatic hydroxyl groups excluding tert-OH is 1. The van der Waals surface area contributed by atoms with Crippen LogP contribution in [0.5, 0.6) is 0 Å². The van der Waals surface area contributed by atoms with Gasteiger partial charge in [0.15, 0.2) is 6.10 Å². The summed E-state index contributed by atoms with van der Waals surface area (Å²) in [6.07, 6.45) is 33.7. The second-order valence-electron chi connectivity index (χ2n) is 12.8. The number of aliphatic hydroxyl groups is 1. The number of allylic oxidation sites excluding steroid dienone is 8. The van der Waals surface area contributed by atoms with Gasteiger partial charge in [0.2, 0.25) is 0 Å². The van der Waals surface area contributed by atoms with E-state index in [1.807, 2.05) is 19.1 Å². The Kier molecular flexibility index (Phi) is 30.8. The summed E-state index contributed by atoms with van der Waals surface area (Å²) >= 11 is 0. The van der Waals surface area contributed by atoms with Crippen molar-refractivity contribution in [3.63, 3.8) is 0 Å². The minimum Gasteiger partial charge on any atom is -0.462 e. The fraction of sp³-hybridized carbons (Fsp3) is 0.737. The van der Waals surface area contributed by atoms with Gasteiger partial charge in [-0.2, -0.15) is 0 Å². The predicted octanol–water partition coefficient (Wildman–Crippen LogP) is 9.61. The second-order valence-corrected chi connectivity index (χ2v) is 14.1. The van der Waals surface area contributed by atoms with Crippen LogP contribution in [0.25, 0.3) is 0 Å². The highest BCUT2D eigenvalue weighted by molar-refractivity contribution is 7.46. The molecule has 10 heteroatoms. The summed E-state index contributed by atoms with van der Waals surface area (Å²) in [6.45, 7) is 5.62. The molecule has 278 valence electrons. The first-order valence-electron chi connectivity index (χ1n) is 18.4. The molecule has 0 saturated carbocycles. The van der Waals surface area contributed by atoms with E-state index >= 15 is 0 Å². The zero-order valence-electron chi connectivity index (χ0n) is 30.1. The molecule has 0 heterocycles. The van der Waals surface area contributed by atoms with Crippen LogP contribution in [0.1, 0.15) is 149 Å². The number of esters is 2. The minimum absolute atomic E-state index is 0.177. The molecule has 0 aromatic rings. The summed E-state index contributed by atoms with van der Waals surface area (Å²) in [7, 11) is -4.77. The van der Waals surface area contributed by atoms with Crippen molar-refractivity contribution in [2.75, 3.05) is 13.2 Å². The molecule has 48 heavy (non-hydrogen) atoms. The van der Waals surface area contributed by atoms with Gasteiger partial charge in [-0.3, -0.25) is 14.1 Å². The molecule has 0 aromatic heterocycles. The third kappa shape index (κ3) is 35.3. The van der Waals surface area contributed by atoms with Crippen molar-refractivity contribution < 1.29 is 43.0 Å². The Labute approximate surface area is 291 Å². The Hall–Kier alpha value is -2.03. The molecular formula is C38H67O9P. The number of carbonyl (C=O) groups is 2. The summed E-state index contributed by atoms with van der Waals surface area (Å²) in [6, 6.07) is 0. The molecular weight excluding hydrogens is 631 g/mol. The van der Waals surface area contributed by atoms with E-state index in [4.69, 9.17) is 19.3 Å². The quantitative estimate of drug-likeness (QED) is 0.0271. The number of ether oxygens (including phenoxy) is 2. The highest BCUT2D eigenvalue weighted by Gasteiger charge is 2.22. The van der Waals surface area contributed by atoms with Gasteiger partial charge >= 0.3 is 19.8 Å². The van der Waals surface area contributed by atoms with Gasteiger partial charge in [-0.15, -0.1) is 0 Å². The lowest BCUT2D eigenvalue weighted by Crippen LogP contribution is -2.29. The number of hydrogen-bond donors (Lipinski definition) is 3. The minimum atomic E-state index is -4.77. The monoisotopic (exact) mass is 698 g/mol. The van der Waals surface area contributed by atoms with Crippen molar-refractivity contribution in [3.8, 4) is 0 Å². The van der Waals surface area contributed by atoms with Crippen LogP contribution in [-0.2, 0) is 28.2 Å². The molecule has 0 radical (unpaired) electrons. The molecule has 0 unspecified atom stereocenters. The molecule has 0 aliphatic rings. The maximum Gasteiger partial charge on any atom is 0.469 e. The topological polar surface area (TPSA) is 140 Å². The Morgan fingerprint density at radius 2 is 1.15 bits per heavy atom. The summed E-state index contributed by atoms with van der Waals surface area (Å²) in [5.41, 5.74) is 0. The van der Waals surface area contributed by atoms with Crippen molar-refractivity contribution >= 4 is 19.8 Å².